The summed E-state index contributed by atoms with van der Waals surface area (Å²) in [6.07, 6.45) is 0.960. The lowest BCUT2D eigenvalue weighted by Crippen LogP contribution is -2.07. The first-order chi connectivity index (χ1) is 8.45. The minimum absolute atomic E-state index is 0.407. The molecule has 0 bridgehead atoms. The molecule has 0 saturated carbocycles. The molecule has 0 fully saturated rings. The number of anilines is 1. The molecule has 0 unspecified atom stereocenters. The van der Waals surface area contributed by atoms with Gasteiger partial charge in [0, 0.05) is 11.3 Å². The highest BCUT2D eigenvalue weighted by Crippen LogP contribution is 2.26. The molecule has 1 aromatic carbocycles. The van der Waals surface area contributed by atoms with E-state index in [9.17, 15) is 4.79 Å². The Kier molecular flexibility index (Phi) is 5.01. The van der Waals surface area contributed by atoms with E-state index in [1.165, 1.54) is 7.11 Å². The maximum absolute atomic E-state index is 11.5. The molecular weight excluding hydrogens is 230 g/mol. The molecule has 4 nitrogen and oxygen atoms in total. The predicted octanol–water partition coefficient (Wildman–Crippen LogP) is 2.79. The van der Waals surface area contributed by atoms with Crippen LogP contribution in [0, 0.1) is 12.8 Å². The van der Waals surface area contributed by atoms with E-state index in [-0.39, 0.29) is 0 Å². The highest BCUT2D eigenvalue weighted by atomic mass is 16.5. The summed E-state index contributed by atoms with van der Waals surface area (Å²) in [6, 6.07) is 3.29. The molecule has 0 amide bonds. The summed E-state index contributed by atoms with van der Waals surface area (Å²) < 4.78 is 10.4. The largest absolute Gasteiger partial charge is 0.493 e. The first kappa shape index (κ1) is 14.4. The third-order valence-electron chi connectivity index (χ3n) is 2.77. The quantitative estimate of drug-likeness (QED) is 0.645. The Morgan fingerprint density at radius 3 is 2.61 bits per heavy atom. The second kappa shape index (κ2) is 6.28. The molecule has 18 heavy (non-hydrogen) atoms. The molecule has 0 aliphatic rings. The van der Waals surface area contributed by atoms with Crippen LogP contribution in [0.1, 0.15) is 36.2 Å². The molecule has 0 aliphatic heterocycles. The summed E-state index contributed by atoms with van der Waals surface area (Å²) in [5.41, 5.74) is 7.67. The molecule has 0 aliphatic carbocycles. The van der Waals surface area contributed by atoms with Gasteiger partial charge in [-0.25, -0.2) is 4.79 Å². The molecule has 4 heteroatoms. The van der Waals surface area contributed by atoms with E-state index in [1.807, 2.05) is 6.92 Å². The number of ether oxygens (including phenoxy) is 2. The fraction of sp³-hybridized carbons (Fsp3) is 0.500. The average molecular weight is 251 g/mol. The van der Waals surface area contributed by atoms with Gasteiger partial charge in [-0.2, -0.15) is 0 Å². The van der Waals surface area contributed by atoms with Crippen LogP contribution in [0.5, 0.6) is 5.75 Å². The van der Waals surface area contributed by atoms with Crippen molar-refractivity contribution in [3.8, 4) is 5.75 Å². The fourth-order valence-electron chi connectivity index (χ4n) is 1.50. The van der Waals surface area contributed by atoms with Crippen molar-refractivity contribution < 1.29 is 14.3 Å². The topological polar surface area (TPSA) is 61.5 Å². The van der Waals surface area contributed by atoms with Crippen molar-refractivity contribution in [3.05, 3.63) is 23.3 Å². The second-order valence-corrected chi connectivity index (χ2v) is 4.71. The van der Waals surface area contributed by atoms with Crippen LogP contribution in [0.15, 0.2) is 12.1 Å². The van der Waals surface area contributed by atoms with Gasteiger partial charge in [-0.1, -0.05) is 13.8 Å². The number of carbonyl (C=O) groups excluding carboxylic acids is 1. The van der Waals surface area contributed by atoms with Crippen molar-refractivity contribution >= 4 is 11.7 Å². The molecule has 0 saturated heterocycles. The molecule has 100 valence electrons. The van der Waals surface area contributed by atoms with Crippen molar-refractivity contribution in [1.82, 2.24) is 0 Å². The van der Waals surface area contributed by atoms with Gasteiger partial charge in [0.15, 0.2) is 0 Å². The third-order valence-corrected chi connectivity index (χ3v) is 2.77. The smallest absolute Gasteiger partial charge is 0.338 e. The Hall–Kier alpha value is -1.71. The van der Waals surface area contributed by atoms with E-state index in [0.29, 0.717) is 29.5 Å². The molecule has 0 spiro atoms. The number of nitrogens with two attached hydrogens (primary N) is 1. The molecule has 0 heterocycles. The normalized spacial score (nSPS) is 10.5. The summed E-state index contributed by atoms with van der Waals surface area (Å²) in [4.78, 5) is 11.5. The van der Waals surface area contributed by atoms with Crippen LogP contribution in [0.2, 0.25) is 0 Å². The van der Waals surface area contributed by atoms with Crippen LogP contribution < -0.4 is 10.5 Å². The van der Waals surface area contributed by atoms with Crippen LogP contribution in [-0.2, 0) is 4.74 Å². The van der Waals surface area contributed by atoms with E-state index in [4.69, 9.17) is 10.5 Å². The number of rotatable bonds is 5. The Labute approximate surface area is 108 Å². The van der Waals surface area contributed by atoms with Crippen molar-refractivity contribution in [2.45, 2.75) is 27.2 Å². The Bertz CT molecular complexity index is 427. The van der Waals surface area contributed by atoms with Gasteiger partial charge in [-0.05, 0) is 31.4 Å². The Morgan fingerprint density at radius 2 is 2.06 bits per heavy atom. The minimum atomic E-state index is -0.407. The van der Waals surface area contributed by atoms with E-state index >= 15 is 0 Å². The van der Waals surface area contributed by atoms with Gasteiger partial charge in [-0.3, -0.25) is 0 Å². The molecular formula is C14H21NO3. The van der Waals surface area contributed by atoms with Gasteiger partial charge in [0.1, 0.15) is 5.75 Å². The van der Waals surface area contributed by atoms with E-state index in [0.717, 1.165) is 12.0 Å². The summed E-state index contributed by atoms with van der Waals surface area (Å²) >= 11 is 0. The standard InChI is InChI=1S/C14H21NO3/c1-9(2)5-6-18-13-8-11(14(16)17-4)7-12(15)10(13)3/h7-9H,5-6,15H2,1-4H3. The number of methoxy groups -OCH3 is 1. The maximum atomic E-state index is 11.5. The van der Waals surface area contributed by atoms with Crippen molar-refractivity contribution in [2.24, 2.45) is 5.92 Å². The molecule has 0 aromatic heterocycles. The van der Waals surface area contributed by atoms with Crippen LogP contribution in [0.3, 0.4) is 0 Å². The van der Waals surface area contributed by atoms with Gasteiger partial charge in [0.25, 0.3) is 0 Å². The molecule has 2 N–H and O–H groups in total. The number of benzene rings is 1. The lowest BCUT2D eigenvalue weighted by Gasteiger charge is -2.13. The van der Waals surface area contributed by atoms with Gasteiger partial charge in [0.2, 0.25) is 0 Å². The number of esters is 1. The molecule has 0 atom stereocenters. The lowest BCUT2D eigenvalue weighted by atomic mass is 10.1. The fourth-order valence-corrected chi connectivity index (χ4v) is 1.50. The van der Waals surface area contributed by atoms with Crippen LogP contribution in [0.4, 0.5) is 5.69 Å². The zero-order valence-electron chi connectivity index (χ0n) is 11.4. The summed E-state index contributed by atoms with van der Waals surface area (Å²) in [5.74, 6) is 0.818. The number of carbonyl (C=O) groups is 1. The highest BCUT2D eigenvalue weighted by molar-refractivity contribution is 5.91. The SMILES string of the molecule is COC(=O)c1cc(N)c(C)c(OCCC(C)C)c1. The molecule has 1 aromatic rings. The van der Waals surface area contributed by atoms with Gasteiger partial charge in [0.05, 0.1) is 19.3 Å². The van der Waals surface area contributed by atoms with E-state index < -0.39 is 5.97 Å². The second-order valence-electron chi connectivity index (χ2n) is 4.71. The zero-order valence-corrected chi connectivity index (χ0v) is 11.4. The van der Waals surface area contributed by atoms with Gasteiger partial charge >= 0.3 is 5.97 Å². The van der Waals surface area contributed by atoms with E-state index in [2.05, 4.69) is 18.6 Å². The zero-order chi connectivity index (χ0) is 13.7. The first-order valence-electron chi connectivity index (χ1n) is 6.07. The minimum Gasteiger partial charge on any atom is -0.493 e. The monoisotopic (exact) mass is 251 g/mol. The molecule has 1 rings (SSSR count). The van der Waals surface area contributed by atoms with Gasteiger partial charge in [-0.15, -0.1) is 0 Å². The first-order valence-corrected chi connectivity index (χ1v) is 6.07. The van der Waals surface area contributed by atoms with Crippen LogP contribution >= 0.6 is 0 Å². The maximum Gasteiger partial charge on any atom is 0.338 e. The van der Waals surface area contributed by atoms with Crippen LogP contribution in [-0.4, -0.2) is 19.7 Å². The van der Waals surface area contributed by atoms with Gasteiger partial charge < -0.3 is 15.2 Å². The summed E-state index contributed by atoms with van der Waals surface area (Å²) in [6.45, 7) is 6.76. The van der Waals surface area contributed by atoms with Crippen LogP contribution in [0.25, 0.3) is 0 Å². The third kappa shape index (κ3) is 3.65. The summed E-state index contributed by atoms with van der Waals surface area (Å²) in [7, 11) is 1.34. The van der Waals surface area contributed by atoms with E-state index in [1.54, 1.807) is 12.1 Å². The number of hydrogen-bond acceptors (Lipinski definition) is 4. The highest BCUT2D eigenvalue weighted by Gasteiger charge is 2.12. The van der Waals surface area contributed by atoms with Crippen molar-refractivity contribution in [1.29, 1.82) is 0 Å². The van der Waals surface area contributed by atoms with Crippen molar-refractivity contribution in [2.75, 3.05) is 19.5 Å². The average Bonchev–Trinajstić information content (AvgIpc) is 2.32. The lowest BCUT2D eigenvalue weighted by molar-refractivity contribution is 0.0600. The Balaban J connectivity index is 2.89. The Morgan fingerprint density at radius 1 is 1.39 bits per heavy atom. The predicted molar refractivity (Wildman–Crippen MR) is 71.9 cm³/mol. The number of hydrogen-bond donors (Lipinski definition) is 1. The van der Waals surface area contributed by atoms with Crippen molar-refractivity contribution in [3.63, 3.8) is 0 Å². The molecule has 0 radical (unpaired) electrons. The summed E-state index contributed by atoms with van der Waals surface area (Å²) in [5, 5.41) is 0. The number of nitrogen functional groups attached to an aromatic ring is 1.